The summed E-state index contributed by atoms with van der Waals surface area (Å²) in [5.41, 5.74) is 2.53. The molecule has 0 spiro atoms. The second kappa shape index (κ2) is 23.9. The number of alkyl halides is 6. The van der Waals surface area contributed by atoms with Gasteiger partial charge in [0.1, 0.15) is 24.6 Å². The Morgan fingerprint density at radius 3 is 1.42 bits per heavy atom. The first kappa shape index (κ1) is 55.0. The maximum Gasteiger partial charge on any atom is 0.488 e. The van der Waals surface area contributed by atoms with Gasteiger partial charge in [0, 0.05) is 54.0 Å². The molecule has 0 saturated carbocycles. The van der Waals surface area contributed by atoms with Crippen molar-refractivity contribution in [2.24, 2.45) is 0 Å². The molecule has 0 aliphatic rings. The number of pyridine rings is 2. The van der Waals surface area contributed by atoms with Crippen LogP contribution in [-0.2, 0) is 0 Å². The lowest BCUT2D eigenvalue weighted by molar-refractivity contribution is -0.116. The molecule has 0 radical (unpaired) electrons. The van der Waals surface area contributed by atoms with Crippen molar-refractivity contribution in [1.29, 1.82) is 0 Å². The number of halogens is 7. The molecule has 0 atom stereocenters. The van der Waals surface area contributed by atoms with Gasteiger partial charge >= 0.3 is 19.5 Å². The summed E-state index contributed by atoms with van der Waals surface area (Å²) in [6, 6.07) is 28.8. The first-order valence-electron chi connectivity index (χ1n) is 21.6. The Labute approximate surface area is 424 Å². The second-order valence-corrected chi connectivity index (χ2v) is 16.2. The largest absolute Gasteiger partial charge is 0.497 e. The number of aromatic nitrogens is 6. The molecule has 8 aromatic rings. The van der Waals surface area contributed by atoms with E-state index < -0.39 is 43.7 Å². The van der Waals surface area contributed by atoms with Crippen LogP contribution in [0.1, 0.15) is 20.7 Å². The number of nitrogens with zero attached hydrogens (tertiary/aromatic N) is 6. The van der Waals surface area contributed by atoms with E-state index in [2.05, 4.69) is 57.1 Å². The van der Waals surface area contributed by atoms with Crippen LogP contribution in [0.25, 0.3) is 44.6 Å². The maximum atomic E-state index is 13.6. The third kappa shape index (κ3) is 14.0. The summed E-state index contributed by atoms with van der Waals surface area (Å²) in [6.45, 7) is -2.59. The molecule has 4 heterocycles. The molecule has 0 aliphatic carbocycles. The molecule has 0 unspecified atom stereocenters. The quantitative estimate of drug-likeness (QED) is 0.0605. The standard InChI is InChI=1S/C24H20F3N5O3.C16H12BrF3N4O2.C8H10BNO3/c1-28-21(33)15-5-3-14(4-6-15)19-11-16-12-29-23(30-13-24(25,26)27)31-20(16)32(22(19)34)17-7-9-18(35-2)10-8-17;1-26-11-4-2-10(3-5-11)24-13-9(6-12(17)14(24)25)7-21-15(23-13)22-8-16(18,19)20;1-10-8(11)6-2-4-7(5-3-6)9(12)13/h3-12H,13H2,1-2H3,(H,28,33)(H,29,30,31);2-7H,8H2,1H3,(H,21,22,23);2-5,12-13H,1H3,(H,10,11). The van der Waals surface area contributed by atoms with Gasteiger partial charge < -0.3 is 40.8 Å². The highest BCUT2D eigenvalue weighted by atomic mass is 79.9. The Morgan fingerprint density at radius 1 is 0.622 bits per heavy atom. The first-order valence-corrected chi connectivity index (χ1v) is 22.3. The molecule has 74 heavy (non-hydrogen) atoms. The Kier molecular flexibility index (Phi) is 17.8. The molecule has 4 aromatic carbocycles. The van der Waals surface area contributed by atoms with Crippen LogP contribution in [0.4, 0.5) is 38.2 Å². The van der Waals surface area contributed by atoms with E-state index >= 15 is 0 Å². The number of rotatable bonds is 12. The van der Waals surface area contributed by atoms with Gasteiger partial charge in [-0.15, -0.1) is 0 Å². The Morgan fingerprint density at radius 2 is 1.03 bits per heavy atom. The predicted octanol–water partition coefficient (Wildman–Crippen LogP) is 6.04. The van der Waals surface area contributed by atoms with Gasteiger partial charge in [-0.2, -0.15) is 36.3 Å². The average Bonchev–Trinajstić information content (AvgIpc) is 3.39. The minimum atomic E-state index is -4.46. The second-order valence-electron chi connectivity index (χ2n) is 15.3. The van der Waals surface area contributed by atoms with Crippen LogP contribution in [0.15, 0.2) is 136 Å². The Balaban J connectivity index is 0.000000200. The van der Waals surface area contributed by atoms with E-state index in [4.69, 9.17) is 19.5 Å². The molecule has 18 nitrogen and oxygen atoms in total. The third-order valence-corrected chi connectivity index (χ3v) is 10.9. The Hall–Kier alpha value is -8.36. The van der Waals surface area contributed by atoms with E-state index in [9.17, 15) is 45.5 Å². The summed E-state index contributed by atoms with van der Waals surface area (Å²) >= 11 is 3.19. The summed E-state index contributed by atoms with van der Waals surface area (Å²) in [7, 11) is 4.59. The zero-order valence-corrected chi connectivity index (χ0v) is 40.8. The van der Waals surface area contributed by atoms with Crippen LogP contribution in [0.2, 0.25) is 0 Å². The van der Waals surface area contributed by atoms with Crippen molar-refractivity contribution in [3.8, 4) is 34.0 Å². The normalized spacial score (nSPS) is 11.1. The molecular weight excluding hydrogens is 1050 g/mol. The predicted molar refractivity (Wildman–Crippen MR) is 269 cm³/mol. The summed E-state index contributed by atoms with van der Waals surface area (Å²) in [6.07, 6.45) is -6.17. The number of fused-ring (bicyclic) bond motifs is 2. The number of amides is 2. The van der Waals surface area contributed by atoms with Crippen molar-refractivity contribution in [2.75, 3.05) is 52.0 Å². The number of hydrogen-bond donors (Lipinski definition) is 6. The van der Waals surface area contributed by atoms with Gasteiger partial charge in [-0.3, -0.25) is 28.3 Å². The van der Waals surface area contributed by atoms with Crippen LogP contribution in [0, 0.1) is 0 Å². The number of methoxy groups -OCH3 is 2. The van der Waals surface area contributed by atoms with E-state index in [1.807, 2.05) is 0 Å². The molecule has 26 heteroatoms. The summed E-state index contributed by atoms with van der Waals surface area (Å²) < 4.78 is 88.3. The highest BCUT2D eigenvalue weighted by Gasteiger charge is 2.28. The van der Waals surface area contributed by atoms with Crippen molar-refractivity contribution in [1.82, 2.24) is 39.7 Å². The van der Waals surface area contributed by atoms with Crippen molar-refractivity contribution < 1.29 is 55.5 Å². The van der Waals surface area contributed by atoms with Crippen molar-refractivity contribution >= 4 is 74.3 Å². The number of ether oxygens (including phenoxy) is 2. The van der Waals surface area contributed by atoms with Gasteiger partial charge in [-0.05, 0) is 112 Å². The van der Waals surface area contributed by atoms with E-state index in [0.717, 1.165) is 0 Å². The Bertz CT molecular complexity index is 3390. The van der Waals surface area contributed by atoms with Gasteiger partial charge in [0.15, 0.2) is 11.3 Å². The number of hydrogen-bond acceptors (Lipinski definition) is 14. The van der Waals surface area contributed by atoms with Crippen molar-refractivity contribution in [3.05, 3.63) is 158 Å². The lowest BCUT2D eigenvalue weighted by Crippen LogP contribution is -2.30. The summed E-state index contributed by atoms with van der Waals surface area (Å²) in [5, 5.41) is 27.7. The third-order valence-electron chi connectivity index (χ3n) is 10.4. The number of nitrogens with one attached hydrogen (secondary N) is 4. The highest BCUT2D eigenvalue weighted by Crippen LogP contribution is 2.26. The summed E-state index contributed by atoms with van der Waals surface area (Å²) in [5.74, 6) is 0.215. The molecule has 0 fully saturated rings. The van der Waals surface area contributed by atoms with Crippen molar-refractivity contribution in [2.45, 2.75) is 12.4 Å². The molecule has 8 rings (SSSR count). The fourth-order valence-electron chi connectivity index (χ4n) is 6.74. The van der Waals surface area contributed by atoms with Crippen LogP contribution < -0.4 is 47.3 Å². The molecule has 0 aliphatic heterocycles. The molecule has 4 aromatic heterocycles. The van der Waals surface area contributed by atoms with E-state index in [-0.39, 0.29) is 39.5 Å². The zero-order valence-electron chi connectivity index (χ0n) is 39.2. The SMILES string of the molecule is CNC(=O)c1ccc(-c2cc3cnc(NCC(F)(F)F)nc3n(-c3ccc(OC)cc3)c2=O)cc1.CNC(=O)c1ccc(B(O)O)cc1.COc1ccc(-n2c(=O)c(Br)cc3cnc(NCC(F)(F)F)nc32)cc1. The van der Waals surface area contributed by atoms with E-state index in [1.165, 1.54) is 80.2 Å². The lowest BCUT2D eigenvalue weighted by atomic mass is 9.80. The first-order chi connectivity index (χ1) is 35.1. The van der Waals surface area contributed by atoms with Gasteiger partial charge in [-0.1, -0.05) is 24.3 Å². The van der Waals surface area contributed by atoms with Gasteiger partial charge in [0.2, 0.25) is 11.9 Å². The smallest absolute Gasteiger partial charge is 0.488 e. The summed E-state index contributed by atoms with van der Waals surface area (Å²) in [4.78, 5) is 65.3. The zero-order chi connectivity index (χ0) is 53.9. The topological polar surface area (TPSA) is 237 Å². The van der Waals surface area contributed by atoms with Crippen LogP contribution in [0.5, 0.6) is 11.5 Å². The molecule has 0 bridgehead atoms. The van der Waals surface area contributed by atoms with Crippen LogP contribution in [-0.4, -0.2) is 112 Å². The number of carbonyl (C=O) groups is 2. The molecule has 6 N–H and O–H groups in total. The number of benzene rings is 4. The van der Waals surface area contributed by atoms with Gasteiger partial charge in [0.05, 0.1) is 30.1 Å². The lowest BCUT2D eigenvalue weighted by Gasteiger charge is -2.14. The van der Waals surface area contributed by atoms with Gasteiger partial charge in [0.25, 0.3) is 22.9 Å². The molecule has 384 valence electrons. The van der Waals surface area contributed by atoms with E-state index in [1.54, 1.807) is 78.9 Å². The van der Waals surface area contributed by atoms with Gasteiger partial charge in [-0.25, -0.2) is 9.97 Å². The fourth-order valence-corrected chi connectivity index (χ4v) is 7.16. The van der Waals surface area contributed by atoms with Crippen molar-refractivity contribution in [3.63, 3.8) is 0 Å². The molecule has 2 amide bonds. The monoisotopic (exact) mass is 1090 g/mol. The van der Waals surface area contributed by atoms with Crippen LogP contribution >= 0.6 is 15.9 Å². The number of carbonyl (C=O) groups excluding carboxylic acids is 2. The minimum Gasteiger partial charge on any atom is -0.497 e. The molecular formula is C48H42BBrF6N10O8. The highest BCUT2D eigenvalue weighted by molar-refractivity contribution is 9.10. The molecule has 0 saturated heterocycles. The van der Waals surface area contributed by atoms with E-state index in [0.29, 0.717) is 61.4 Å². The minimum absolute atomic E-state index is 0.130. The number of anilines is 2. The maximum absolute atomic E-state index is 13.6. The fraction of sp³-hybridized carbons (Fsp3) is 0.167. The van der Waals surface area contributed by atoms with Crippen LogP contribution in [0.3, 0.4) is 0 Å². The average molecular weight is 1090 g/mol.